The molecule has 2 aromatic carbocycles. The van der Waals surface area contributed by atoms with Crippen molar-refractivity contribution in [2.24, 2.45) is 10.8 Å². The molecule has 0 saturated carbocycles. The third kappa shape index (κ3) is 4.18. The number of hydrazone groups is 1. The summed E-state index contributed by atoms with van der Waals surface area (Å²) in [6.07, 6.45) is 3.89. The number of hydrogen-bond donors (Lipinski definition) is 2. The predicted octanol–water partition coefficient (Wildman–Crippen LogP) is 3.92. The number of fused-ring (bicyclic) bond motifs is 1. The zero-order valence-corrected chi connectivity index (χ0v) is 15.3. The topological polar surface area (TPSA) is 59.6 Å². The van der Waals surface area contributed by atoms with Crippen LogP contribution in [-0.4, -0.2) is 17.9 Å². The van der Waals surface area contributed by atoms with Gasteiger partial charge in [-0.1, -0.05) is 23.7 Å². The summed E-state index contributed by atoms with van der Waals surface area (Å²) in [7, 11) is 1.67. The van der Waals surface area contributed by atoms with Crippen molar-refractivity contribution < 1.29 is 4.74 Å². The number of allylic oxidation sites excluding steroid dienone is 1. The molecule has 0 atom stereocenters. The van der Waals surface area contributed by atoms with E-state index >= 15 is 0 Å². The minimum absolute atomic E-state index is 0.138. The van der Waals surface area contributed by atoms with Crippen molar-refractivity contribution in [3.8, 4) is 5.75 Å². The van der Waals surface area contributed by atoms with Gasteiger partial charge in [0.05, 0.1) is 12.8 Å². The van der Waals surface area contributed by atoms with Gasteiger partial charge >= 0.3 is 0 Å². The first kappa shape index (κ1) is 17.5. The van der Waals surface area contributed by atoms with Crippen molar-refractivity contribution in [2.75, 3.05) is 7.11 Å². The highest BCUT2D eigenvalue weighted by Gasteiger charge is 2.21. The molecule has 0 fully saturated rings. The molecule has 6 heteroatoms. The Morgan fingerprint density at radius 2 is 2.00 bits per heavy atom. The number of nitrogens with zero attached hydrogens (tertiary/aromatic N) is 1. The van der Waals surface area contributed by atoms with Crippen LogP contribution in [0.15, 0.2) is 53.1 Å². The molecule has 1 aliphatic carbocycles. The lowest BCUT2D eigenvalue weighted by atomic mass is 9.85. The van der Waals surface area contributed by atoms with Crippen LogP contribution in [0.25, 0.3) is 6.08 Å². The maximum atomic E-state index is 5.97. The normalized spacial score (nSPS) is 16.6. The van der Waals surface area contributed by atoms with Crippen LogP contribution in [0.1, 0.15) is 23.1 Å². The number of aryl methyl sites for hydroxylation is 1. The Bertz CT molecular complexity index is 859. The van der Waals surface area contributed by atoms with Crippen molar-refractivity contribution in [2.45, 2.75) is 12.8 Å². The molecule has 0 unspecified atom stereocenters. The summed E-state index contributed by atoms with van der Waals surface area (Å²) in [6.45, 7) is 0. The van der Waals surface area contributed by atoms with Crippen LogP contribution < -0.4 is 15.9 Å². The summed E-state index contributed by atoms with van der Waals surface area (Å²) in [5.74, 6) is 0.838. The first-order valence-electron chi connectivity index (χ1n) is 7.84. The molecule has 0 radical (unpaired) electrons. The predicted molar refractivity (Wildman–Crippen MR) is 107 cm³/mol. The minimum atomic E-state index is 0.138. The van der Waals surface area contributed by atoms with E-state index in [-0.39, 0.29) is 5.11 Å². The molecular formula is C19H18ClN3OS. The molecular weight excluding hydrogens is 354 g/mol. The van der Waals surface area contributed by atoms with Crippen molar-refractivity contribution in [1.29, 1.82) is 0 Å². The number of ether oxygens (including phenoxy) is 1. The average Bonchev–Trinajstić information content (AvgIpc) is 2.62. The Hall–Kier alpha value is -2.37. The molecule has 128 valence electrons. The summed E-state index contributed by atoms with van der Waals surface area (Å²) < 4.78 is 5.32. The maximum absolute atomic E-state index is 5.97. The molecule has 0 bridgehead atoms. The van der Waals surface area contributed by atoms with Gasteiger partial charge in [-0.3, -0.25) is 5.43 Å². The van der Waals surface area contributed by atoms with Crippen molar-refractivity contribution in [1.82, 2.24) is 5.43 Å². The van der Waals surface area contributed by atoms with E-state index in [1.165, 1.54) is 5.56 Å². The van der Waals surface area contributed by atoms with Gasteiger partial charge in [0.25, 0.3) is 0 Å². The molecule has 1 aliphatic rings. The Morgan fingerprint density at radius 3 is 2.68 bits per heavy atom. The van der Waals surface area contributed by atoms with Gasteiger partial charge in [0.1, 0.15) is 5.75 Å². The SMILES string of the molecule is COc1ccc2c(c1)CCC(=C\c1ccc(Cl)cc1)/C2=N\NC(N)=S. The Kier molecular flexibility index (Phi) is 5.36. The molecule has 4 nitrogen and oxygen atoms in total. The fourth-order valence-electron chi connectivity index (χ4n) is 2.84. The second kappa shape index (κ2) is 7.68. The standard InChI is InChI=1S/C19H18ClN3OS/c1-24-16-8-9-17-13(11-16)4-5-14(18(17)22-23-19(21)25)10-12-2-6-15(20)7-3-12/h2-3,6-11H,4-5H2,1H3,(H3,21,23,25)/b14-10+,22-18+. The van der Waals surface area contributed by atoms with Gasteiger partial charge in [-0.15, -0.1) is 0 Å². The molecule has 0 amide bonds. The lowest BCUT2D eigenvalue weighted by Gasteiger charge is -2.22. The van der Waals surface area contributed by atoms with Crippen LogP contribution in [0.2, 0.25) is 5.02 Å². The first-order chi connectivity index (χ1) is 12.1. The Morgan fingerprint density at radius 1 is 1.24 bits per heavy atom. The van der Waals surface area contributed by atoms with E-state index in [2.05, 4.69) is 16.6 Å². The van der Waals surface area contributed by atoms with Gasteiger partial charge in [-0.2, -0.15) is 5.10 Å². The highest BCUT2D eigenvalue weighted by Crippen LogP contribution is 2.30. The number of halogens is 1. The smallest absolute Gasteiger partial charge is 0.184 e. The molecule has 3 rings (SSSR count). The minimum Gasteiger partial charge on any atom is -0.497 e. The monoisotopic (exact) mass is 371 g/mol. The van der Waals surface area contributed by atoms with Gasteiger partial charge in [-0.05, 0) is 78.2 Å². The van der Waals surface area contributed by atoms with E-state index in [0.29, 0.717) is 5.02 Å². The summed E-state index contributed by atoms with van der Waals surface area (Å²) in [5, 5.41) is 5.29. The summed E-state index contributed by atoms with van der Waals surface area (Å²) in [5.41, 5.74) is 13.5. The molecule has 0 heterocycles. The number of rotatable bonds is 3. The number of thiocarbonyl (C=S) groups is 1. The average molecular weight is 372 g/mol. The van der Waals surface area contributed by atoms with E-state index in [1.54, 1.807) is 7.11 Å². The van der Waals surface area contributed by atoms with Crippen LogP contribution in [0.5, 0.6) is 5.75 Å². The highest BCUT2D eigenvalue weighted by molar-refractivity contribution is 7.80. The molecule has 2 aromatic rings. The van der Waals surface area contributed by atoms with Gasteiger partial charge < -0.3 is 10.5 Å². The third-order valence-corrected chi connectivity index (χ3v) is 4.37. The summed E-state index contributed by atoms with van der Waals surface area (Å²) in [4.78, 5) is 0. The highest BCUT2D eigenvalue weighted by atomic mass is 35.5. The fourth-order valence-corrected chi connectivity index (χ4v) is 3.01. The maximum Gasteiger partial charge on any atom is 0.184 e. The zero-order chi connectivity index (χ0) is 17.8. The lowest BCUT2D eigenvalue weighted by molar-refractivity contribution is 0.414. The molecule has 25 heavy (non-hydrogen) atoms. The molecule has 0 saturated heterocycles. The summed E-state index contributed by atoms with van der Waals surface area (Å²) >= 11 is 10.9. The summed E-state index contributed by atoms with van der Waals surface area (Å²) in [6, 6.07) is 13.7. The first-order valence-corrected chi connectivity index (χ1v) is 8.62. The van der Waals surface area contributed by atoms with Crippen LogP contribution in [-0.2, 0) is 6.42 Å². The van der Waals surface area contributed by atoms with Crippen molar-refractivity contribution >= 4 is 40.7 Å². The van der Waals surface area contributed by atoms with Gasteiger partial charge in [0, 0.05) is 10.6 Å². The molecule has 3 N–H and O–H groups in total. The van der Waals surface area contributed by atoms with Crippen molar-refractivity contribution in [3.05, 3.63) is 69.8 Å². The van der Waals surface area contributed by atoms with Crippen molar-refractivity contribution in [3.63, 3.8) is 0 Å². The molecule has 0 aromatic heterocycles. The van der Waals surface area contributed by atoms with Crippen LogP contribution >= 0.6 is 23.8 Å². The van der Waals surface area contributed by atoms with E-state index in [9.17, 15) is 0 Å². The second-order valence-electron chi connectivity index (χ2n) is 5.68. The van der Waals surface area contributed by atoms with Crippen LogP contribution in [0.3, 0.4) is 0 Å². The quantitative estimate of drug-likeness (QED) is 0.634. The Labute approximate surface area is 157 Å². The molecule has 0 aliphatic heterocycles. The third-order valence-electron chi connectivity index (χ3n) is 4.02. The fraction of sp³-hybridized carbons (Fsp3) is 0.158. The van der Waals surface area contributed by atoms with E-state index in [1.807, 2.05) is 42.5 Å². The van der Waals surface area contributed by atoms with E-state index in [4.69, 9.17) is 34.3 Å². The van der Waals surface area contributed by atoms with Gasteiger partial charge in [0.15, 0.2) is 5.11 Å². The number of hydrogen-bond acceptors (Lipinski definition) is 3. The number of benzene rings is 2. The number of nitrogens with one attached hydrogen (secondary N) is 1. The lowest BCUT2D eigenvalue weighted by Crippen LogP contribution is -2.27. The Balaban J connectivity index is 2.04. The molecule has 0 spiro atoms. The van der Waals surface area contributed by atoms with E-state index < -0.39 is 0 Å². The van der Waals surface area contributed by atoms with Gasteiger partial charge in [0.2, 0.25) is 0 Å². The van der Waals surface area contributed by atoms with Crippen LogP contribution in [0.4, 0.5) is 0 Å². The number of methoxy groups -OCH3 is 1. The number of nitrogens with two attached hydrogens (primary N) is 1. The van der Waals surface area contributed by atoms with E-state index in [0.717, 1.165) is 41.0 Å². The largest absolute Gasteiger partial charge is 0.497 e. The zero-order valence-electron chi connectivity index (χ0n) is 13.8. The van der Waals surface area contributed by atoms with Crippen LogP contribution in [0, 0.1) is 0 Å². The second-order valence-corrected chi connectivity index (χ2v) is 6.56. The van der Waals surface area contributed by atoms with Gasteiger partial charge in [-0.25, -0.2) is 0 Å².